The van der Waals surface area contributed by atoms with Crippen LogP contribution in [0.25, 0.3) is 26.7 Å². The minimum Gasteiger partial charge on any atom is -0.228 e. The molecule has 2 aromatic carbocycles. The average Bonchev–Trinajstić information content (AvgIpc) is 3.28. The first kappa shape index (κ1) is 18.9. The summed E-state index contributed by atoms with van der Waals surface area (Å²) in [7, 11) is -3.31. The predicted molar refractivity (Wildman–Crippen MR) is 110 cm³/mol. The van der Waals surface area contributed by atoms with E-state index in [4.69, 9.17) is 11.6 Å². The highest BCUT2D eigenvalue weighted by molar-refractivity contribution is 7.90. The zero-order chi connectivity index (χ0) is 19.9. The minimum absolute atomic E-state index is 0.243. The number of aromatic nitrogens is 2. The Morgan fingerprint density at radius 1 is 1.04 bits per heavy atom. The molecule has 8 heteroatoms. The van der Waals surface area contributed by atoms with Crippen molar-refractivity contribution >= 4 is 32.8 Å². The van der Waals surface area contributed by atoms with Gasteiger partial charge in [-0.25, -0.2) is 17.5 Å². The maximum Gasteiger partial charge on any atom is 0.175 e. The van der Waals surface area contributed by atoms with Gasteiger partial charge in [-0.1, -0.05) is 35.9 Å². The van der Waals surface area contributed by atoms with Crippen LogP contribution in [0.4, 0.5) is 4.39 Å². The number of benzene rings is 2. The van der Waals surface area contributed by atoms with Crippen LogP contribution < -0.4 is 0 Å². The first-order chi connectivity index (χ1) is 13.3. The molecule has 0 aliphatic heterocycles. The summed E-state index contributed by atoms with van der Waals surface area (Å²) >= 11 is 7.61. The molecule has 2 heterocycles. The summed E-state index contributed by atoms with van der Waals surface area (Å²) in [6, 6.07) is 17.4. The summed E-state index contributed by atoms with van der Waals surface area (Å²) in [6.07, 6.45) is 2.33. The van der Waals surface area contributed by atoms with Crippen LogP contribution in [-0.2, 0) is 9.84 Å². The van der Waals surface area contributed by atoms with Gasteiger partial charge >= 0.3 is 0 Å². The highest BCUT2D eigenvalue weighted by atomic mass is 35.5. The van der Waals surface area contributed by atoms with Crippen molar-refractivity contribution in [3.63, 3.8) is 0 Å². The smallest absolute Gasteiger partial charge is 0.175 e. The number of halogens is 2. The Hall–Kier alpha value is -2.48. The molecule has 4 nitrogen and oxygen atoms in total. The van der Waals surface area contributed by atoms with Gasteiger partial charge in [-0.2, -0.15) is 5.10 Å². The molecule has 0 unspecified atom stereocenters. The van der Waals surface area contributed by atoms with E-state index in [0.717, 1.165) is 16.6 Å². The number of para-hydroxylation sites is 1. The van der Waals surface area contributed by atoms with Crippen LogP contribution in [0.2, 0.25) is 5.02 Å². The van der Waals surface area contributed by atoms with E-state index in [2.05, 4.69) is 5.10 Å². The third kappa shape index (κ3) is 3.48. The van der Waals surface area contributed by atoms with Crippen molar-refractivity contribution in [2.45, 2.75) is 4.90 Å². The zero-order valence-corrected chi connectivity index (χ0v) is 17.0. The molecule has 4 rings (SSSR count). The Balaban J connectivity index is 1.80. The van der Waals surface area contributed by atoms with E-state index >= 15 is 0 Å². The van der Waals surface area contributed by atoms with Gasteiger partial charge in [-0.3, -0.25) is 0 Å². The van der Waals surface area contributed by atoms with E-state index in [1.807, 2.05) is 12.1 Å². The molecule has 142 valence electrons. The van der Waals surface area contributed by atoms with E-state index in [9.17, 15) is 12.8 Å². The first-order valence-electron chi connectivity index (χ1n) is 8.24. The molecule has 0 radical (unpaired) electrons. The van der Waals surface area contributed by atoms with Gasteiger partial charge < -0.3 is 0 Å². The van der Waals surface area contributed by atoms with E-state index in [-0.39, 0.29) is 4.90 Å². The van der Waals surface area contributed by atoms with Crippen LogP contribution in [-0.4, -0.2) is 24.5 Å². The summed E-state index contributed by atoms with van der Waals surface area (Å²) in [5.41, 5.74) is 1.64. The molecular formula is C20H14ClFN2O2S2. The molecule has 0 atom stereocenters. The number of thiophene rings is 1. The number of hydrogen-bond donors (Lipinski definition) is 0. The molecule has 0 aliphatic rings. The van der Waals surface area contributed by atoms with Crippen molar-refractivity contribution in [1.82, 2.24) is 9.78 Å². The van der Waals surface area contributed by atoms with Gasteiger partial charge in [0, 0.05) is 11.1 Å². The number of sulfone groups is 1. The molecule has 0 spiro atoms. The molecule has 0 N–H and O–H groups in total. The van der Waals surface area contributed by atoms with E-state index < -0.39 is 15.7 Å². The Kier molecular flexibility index (Phi) is 4.82. The number of nitrogens with zero attached hydrogens (tertiary/aromatic N) is 2. The maximum atomic E-state index is 14.5. The van der Waals surface area contributed by atoms with Gasteiger partial charge in [0.1, 0.15) is 5.69 Å². The highest BCUT2D eigenvalue weighted by Gasteiger charge is 2.18. The van der Waals surface area contributed by atoms with E-state index in [0.29, 0.717) is 21.3 Å². The second-order valence-electron chi connectivity index (χ2n) is 6.17. The van der Waals surface area contributed by atoms with Crippen molar-refractivity contribution in [1.29, 1.82) is 0 Å². The van der Waals surface area contributed by atoms with Crippen LogP contribution >= 0.6 is 22.9 Å². The Morgan fingerprint density at radius 3 is 2.54 bits per heavy atom. The molecular weight excluding hydrogens is 419 g/mol. The second-order valence-corrected chi connectivity index (χ2v) is 9.67. The summed E-state index contributed by atoms with van der Waals surface area (Å²) < 4.78 is 39.7. The summed E-state index contributed by atoms with van der Waals surface area (Å²) in [6.45, 7) is 0. The molecule has 2 aromatic heterocycles. The van der Waals surface area contributed by atoms with Crippen molar-refractivity contribution in [2.75, 3.05) is 6.26 Å². The van der Waals surface area contributed by atoms with Gasteiger partial charge in [0.05, 0.1) is 26.7 Å². The third-order valence-electron chi connectivity index (χ3n) is 4.19. The van der Waals surface area contributed by atoms with E-state index in [1.165, 1.54) is 22.3 Å². The van der Waals surface area contributed by atoms with Crippen LogP contribution in [0, 0.1) is 5.82 Å². The van der Waals surface area contributed by atoms with Gasteiger partial charge in [0.15, 0.2) is 15.7 Å². The third-order valence-corrected chi connectivity index (χ3v) is 6.76. The number of hydrogen-bond acceptors (Lipinski definition) is 4. The van der Waals surface area contributed by atoms with E-state index in [1.54, 1.807) is 48.5 Å². The molecule has 0 aliphatic carbocycles. The lowest BCUT2D eigenvalue weighted by Gasteiger charge is -2.08. The van der Waals surface area contributed by atoms with Gasteiger partial charge in [0.25, 0.3) is 0 Å². The van der Waals surface area contributed by atoms with Crippen LogP contribution in [0.1, 0.15) is 0 Å². The van der Waals surface area contributed by atoms with Crippen molar-refractivity contribution < 1.29 is 12.8 Å². The van der Waals surface area contributed by atoms with Gasteiger partial charge in [-0.05, 0) is 42.0 Å². The topological polar surface area (TPSA) is 52.0 Å². The normalized spacial score (nSPS) is 11.7. The summed E-state index contributed by atoms with van der Waals surface area (Å²) in [5, 5.41) is 4.60. The monoisotopic (exact) mass is 432 g/mol. The quantitative estimate of drug-likeness (QED) is 0.430. The molecule has 0 amide bonds. The lowest BCUT2D eigenvalue weighted by Crippen LogP contribution is -1.99. The summed E-state index contributed by atoms with van der Waals surface area (Å²) in [5.74, 6) is -0.460. The summed E-state index contributed by atoms with van der Waals surface area (Å²) in [4.78, 5) is 1.73. The Bertz CT molecular complexity index is 1280. The highest BCUT2D eigenvalue weighted by Crippen LogP contribution is 2.37. The van der Waals surface area contributed by atoms with Crippen molar-refractivity contribution in [3.05, 3.63) is 77.7 Å². The minimum atomic E-state index is -3.31. The lowest BCUT2D eigenvalue weighted by atomic mass is 10.2. The van der Waals surface area contributed by atoms with Crippen LogP contribution in [0.15, 0.2) is 71.8 Å². The predicted octanol–water partition coefficient (Wildman–Crippen LogP) is 5.46. The largest absolute Gasteiger partial charge is 0.228 e. The standard InChI is InChI=1S/C20H14ClFN2O2S2/c1-28(25,26)14-6-4-5-13(11-14)18-9-10-19(27-18)20-16(22)12-23-24(20)17-8-3-2-7-15(17)21/h2-12H,1H3. The molecule has 4 aromatic rings. The Labute approximate surface area is 170 Å². The van der Waals surface area contributed by atoms with Crippen LogP contribution in [0.3, 0.4) is 0 Å². The molecule has 0 fully saturated rings. The molecule has 28 heavy (non-hydrogen) atoms. The fourth-order valence-electron chi connectivity index (χ4n) is 2.86. The molecule has 0 bridgehead atoms. The zero-order valence-electron chi connectivity index (χ0n) is 14.6. The fourth-order valence-corrected chi connectivity index (χ4v) is 4.77. The lowest BCUT2D eigenvalue weighted by molar-refractivity contribution is 0.602. The molecule has 0 saturated carbocycles. The first-order valence-corrected chi connectivity index (χ1v) is 11.3. The van der Waals surface area contributed by atoms with Crippen molar-refractivity contribution in [3.8, 4) is 26.7 Å². The second kappa shape index (κ2) is 7.16. The van der Waals surface area contributed by atoms with Gasteiger partial charge in [-0.15, -0.1) is 11.3 Å². The Morgan fingerprint density at radius 2 is 1.79 bits per heavy atom. The SMILES string of the molecule is CS(=O)(=O)c1cccc(-c2ccc(-c3c(F)cnn3-c3ccccc3Cl)s2)c1. The molecule has 0 saturated heterocycles. The fraction of sp³-hybridized carbons (Fsp3) is 0.0500. The van der Waals surface area contributed by atoms with Crippen LogP contribution in [0.5, 0.6) is 0 Å². The van der Waals surface area contributed by atoms with Gasteiger partial charge in [0.2, 0.25) is 0 Å². The van der Waals surface area contributed by atoms with Crippen molar-refractivity contribution in [2.24, 2.45) is 0 Å². The number of rotatable bonds is 4. The average molecular weight is 433 g/mol. The maximum absolute atomic E-state index is 14.5.